The number of phenolic OH excluding ortho intramolecular Hbond substituents is 1. The van der Waals surface area contributed by atoms with Gasteiger partial charge in [-0.1, -0.05) is 68.4 Å². The monoisotopic (exact) mass is 286 g/mol. The highest BCUT2D eigenvalue weighted by Crippen LogP contribution is 2.50. The van der Waals surface area contributed by atoms with Crippen LogP contribution < -0.4 is 0 Å². The summed E-state index contributed by atoms with van der Waals surface area (Å²) in [4.78, 5) is 0. The fourth-order valence-electron chi connectivity index (χ4n) is 3.60. The van der Waals surface area contributed by atoms with E-state index in [9.17, 15) is 5.11 Å². The van der Waals surface area contributed by atoms with Gasteiger partial charge in [0.25, 0.3) is 0 Å². The van der Waals surface area contributed by atoms with Crippen molar-refractivity contribution >= 4 is 22.4 Å². The van der Waals surface area contributed by atoms with Gasteiger partial charge in [-0.2, -0.15) is 0 Å². The van der Waals surface area contributed by atoms with E-state index in [-0.39, 0.29) is 5.41 Å². The van der Waals surface area contributed by atoms with E-state index >= 15 is 0 Å². The first-order chi connectivity index (χ1) is 10.6. The Labute approximate surface area is 130 Å². The largest absolute Gasteiger partial charge is 0.507 e. The molecule has 0 aliphatic heterocycles. The van der Waals surface area contributed by atoms with Crippen molar-refractivity contribution in [1.82, 2.24) is 0 Å². The summed E-state index contributed by atoms with van der Waals surface area (Å²) in [6.07, 6.45) is 2.22. The SMILES string of the molecule is CC1(C)C(c2c(O)ccc3ccccc23)=Cc2ccccc21. The minimum Gasteiger partial charge on any atom is -0.507 e. The number of rotatable bonds is 1. The lowest BCUT2D eigenvalue weighted by molar-refractivity contribution is 0.473. The van der Waals surface area contributed by atoms with E-state index in [0.717, 1.165) is 16.3 Å². The number of allylic oxidation sites excluding steroid dienone is 1. The Bertz CT molecular complexity index is 916. The van der Waals surface area contributed by atoms with Gasteiger partial charge in [-0.3, -0.25) is 0 Å². The maximum atomic E-state index is 10.5. The van der Waals surface area contributed by atoms with Gasteiger partial charge in [-0.15, -0.1) is 0 Å². The molecule has 0 spiro atoms. The molecule has 0 saturated heterocycles. The summed E-state index contributed by atoms with van der Waals surface area (Å²) < 4.78 is 0. The summed E-state index contributed by atoms with van der Waals surface area (Å²) in [7, 11) is 0. The van der Waals surface area contributed by atoms with E-state index in [1.807, 2.05) is 18.2 Å². The van der Waals surface area contributed by atoms with E-state index < -0.39 is 0 Å². The quantitative estimate of drug-likeness (QED) is 0.637. The van der Waals surface area contributed by atoms with Crippen LogP contribution in [0.4, 0.5) is 0 Å². The highest BCUT2D eigenvalue weighted by Gasteiger charge is 2.35. The summed E-state index contributed by atoms with van der Waals surface area (Å²) in [6.45, 7) is 4.46. The van der Waals surface area contributed by atoms with Crippen molar-refractivity contribution in [1.29, 1.82) is 0 Å². The Morgan fingerprint density at radius 1 is 0.818 bits per heavy atom. The molecule has 1 N–H and O–H groups in total. The van der Waals surface area contributed by atoms with E-state index in [2.05, 4.69) is 56.3 Å². The zero-order valence-corrected chi connectivity index (χ0v) is 12.8. The van der Waals surface area contributed by atoms with Gasteiger partial charge < -0.3 is 5.11 Å². The Hall–Kier alpha value is -2.54. The lowest BCUT2D eigenvalue weighted by atomic mass is 9.77. The number of hydrogen-bond donors (Lipinski definition) is 1. The van der Waals surface area contributed by atoms with Crippen LogP contribution in [0.2, 0.25) is 0 Å². The van der Waals surface area contributed by atoms with Gasteiger partial charge >= 0.3 is 0 Å². The second-order valence-corrected chi connectivity index (χ2v) is 6.45. The van der Waals surface area contributed by atoms with Gasteiger partial charge in [0.2, 0.25) is 0 Å². The summed E-state index contributed by atoms with van der Waals surface area (Å²) in [5.74, 6) is 0.353. The first kappa shape index (κ1) is 13.1. The molecular weight excluding hydrogens is 268 g/mol. The molecule has 0 amide bonds. The fourth-order valence-corrected chi connectivity index (χ4v) is 3.60. The lowest BCUT2D eigenvalue weighted by Gasteiger charge is -2.26. The van der Waals surface area contributed by atoms with Crippen LogP contribution in [0.5, 0.6) is 5.75 Å². The molecule has 1 aliphatic carbocycles. The van der Waals surface area contributed by atoms with Gasteiger partial charge in [-0.25, -0.2) is 0 Å². The number of phenols is 1. The van der Waals surface area contributed by atoms with Crippen molar-refractivity contribution in [2.45, 2.75) is 19.3 Å². The lowest BCUT2D eigenvalue weighted by Crippen LogP contribution is -2.16. The van der Waals surface area contributed by atoms with Crippen LogP contribution in [0.1, 0.15) is 30.5 Å². The van der Waals surface area contributed by atoms with Crippen LogP contribution in [0.15, 0.2) is 60.7 Å². The van der Waals surface area contributed by atoms with Crippen molar-refractivity contribution in [2.24, 2.45) is 0 Å². The molecule has 0 fully saturated rings. The average molecular weight is 286 g/mol. The third kappa shape index (κ3) is 1.72. The molecule has 1 heteroatoms. The first-order valence-electron chi connectivity index (χ1n) is 7.62. The van der Waals surface area contributed by atoms with Gasteiger partial charge in [0.05, 0.1) is 0 Å². The second kappa shape index (κ2) is 4.48. The van der Waals surface area contributed by atoms with Gasteiger partial charge in [-0.05, 0) is 39.6 Å². The van der Waals surface area contributed by atoms with E-state index in [0.29, 0.717) is 5.75 Å². The molecule has 0 unspecified atom stereocenters. The summed E-state index contributed by atoms with van der Waals surface area (Å²) >= 11 is 0. The van der Waals surface area contributed by atoms with Crippen LogP contribution in [0.3, 0.4) is 0 Å². The molecule has 0 bridgehead atoms. The van der Waals surface area contributed by atoms with Crippen LogP contribution >= 0.6 is 0 Å². The van der Waals surface area contributed by atoms with E-state index in [1.54, 1.807) is 6.07 Å². The van der Waals surface area contributed by atoms with Crippen molar-refractivity contribution in [2.75, 3.05) is 0 Å². The zero-order valence-electron chi connectivity index (χ0n) is 12.8. The highest BCUT2D eigenvalue weighted by molar-refractivity contribution is 6.05. The normalized spacial score (nSPS) is 15.6. The second-order valence-electron chi connectivity index (χ2n) is 6.45. The summed E-state index contributed by atoms with van der Waals surface area (Å²) in [6, 6.07) is 20.5. The number of benzene rings is 3. The van der Waals surface area contributed by atoms with Gasteiger partial charge in [0, 0.05) is 11.0 Å². The molecule has 3 aromatic rings. The van der Waals surface area contributed by atoms with E-state index in [1.165, 1.54) is 16.7 Å². The topological polar surface area (TPSA) is 20.2 Å². The molecule has 0 saturated carbocycles. The molecule has 1 nitrogen and oxygen atoms in total. The van der Waals surface area contributed by atoms with Crippen molar-refractivity contribution < 1.29 is 5.11 Å². The molecule has 0 heterocycles. The molecular formula is C21H18O. The predicted molar refractivity (Wildman–Crippen MR) is 93.0 cm³/mol. The predicted octanol–water partition coefficient (Wildman–Crippen LogP) is 5.38. The van der Waals surface area contributed by atoms with Gasteiger partial charge in [0.15, 0.2) is 0 Å². The smallest absolute Gasteiger partial charge is 0.123 e. The standard InChI is InChI=1S/C21H18O/c1-21(2)17-10-6-4-8-15(17)13-18(21)20-16-9-5-3-7-14(16)11-12-19(20)22/h3-13,22H,1-2H3. The number of aromatic hydroxyl groups is 1. The Morgan fingerprint density at radius 3 is 2.36 bits per heavy atom. The Kier molecular flexibility index (Phi) is 2.67. The average Bonchev–Trinajstić information content (AvgIpc) is 2.79. The van der Waals surface area contributed by atoms with Crippen LogP contribution in [0.25, 0.3) is 22.4 Å². The van der Waals surface area contributed by atoms with Crippen LogP contribution in [0, 0.1) is 0 Å². The molecule has 1 aliphatic rings. The molecule has 108 valence electrons. The Balaban J connectivity index is 2.04. The zero-order chi connectivity index (χ0) is 15.3. The maximum absolute atomic E-state index is 10.5. The van der Waals surface area contributed by atoms with E-state index in [4.69, 9.17) is 0 Å². The highest BCUT2D eigenvalue weighted by atomic mass is 16.3. The number of hydrogen-bond acceptors (Lipinski definition) is 1. The third-order valence-corrected chi connectivity index (χ3v) is 4.78. The third-order valence-electron chi connectivity index (χ3n) is 4.78. The molecule has 0 aromatic heterocycles. The molecule has 22 heavy (non-hydrogen) atoms. The van der Waals surface area contributed by atoms with Crippen molar-refractivity contribution in [3.63, 3.8) is 0 Å². The van der Waals surface area contributed by atoms with Crippen molar-refractivity contribution in [3.05, 3.63) is 77.4 Å². The molecule has 0 atom stereocenters. The first-order valence-corrected chi connectivity index (χ1v) is 7.62. The fraction of sp³-hybridized carbons (Fsp3) is 0.143. The van der Waals surface area contributed by atoms with Crippen molar-refractivity contribution in [3.8, 4) is 5.75 Å². The molecule has 3 aromatic carbocycles. The molecule has 4 rings (SSSR count). The Morgan fingerprint density at radius 2 is 1.55 bits per heavy atom. The number of fused-ring (bicyclic) bond motifs is 2. The van der Waals surface area contributed by atoms with Crippen LogP contribution in [-0.2, 0) is 5.41 Å². The summed E-state index contributed by atoms with van der Waals surface area (Å²) in [5.41, 5.74) is 4.59. The summed E-state index contributed by atoms with van der Waals surface area (Å²) in [5, 5.41) is 12.8. The van der Waals surface area contributed by atoms with Gasteiger partial charge in [0.1, 0.15) is 5.75 Å². The van der Waals surface area contributed by atoms with Crippen LogP contribution in [-0.4, -0.2) is 5.11 Å². The minimum absolute atomic E-state index is 0.113. The minimum atomic E-state index is -0.113. The maximum Gasteiger partial charge on any atom is 0.123 e. The molecule has 0 radical (unpaired) electrons.